The third-order valence-corrected chi connectivity index (χ3v) is 3.12. The molecule has 2 aliphatic rings. The molecule has 4 atom stereocenters. The Kier molecular flexibility index (Phi) is 1.83. The number of fused-ring (bicyclic) bond motifs is 1. The maximum Gasteiger partial charge on any atom is 0.309 e. The number of nitrogens with two attached hydrogens (primary N) is 1. The Balaban J connectivity index is 1.90. The molecule has 0 aliphatic heterocycles. The highest BCUT2D eigenvalue weighted by Gasteiger charge is 2.61. The Bertz CT molecular complexity index is 205. The third-order valence-electron chi connectivity index (χ3n) is 3.12. The zero-order chi connectivity index (χ0) is 8.72. The molecular weight excluding hydrogens is 154 g/mol. The summed E-state index contributed by atoms with van der Waals surface area (Å²) in [5.41, 5.74) is 5.84. The molecule has 0 amide bonds. The molecule has 2 aliphatic carbocycles. The van der Waals surface area contributed by atoms with Crippen LogP contribution >= 0.6 is 0 Å². The molecule has 0 bridgehead atoms. The van der Waals surface area contributed by atoms with E-state index < -0.39 is 0 Å². The summed E-state index contributed by atoms with van der Waals surface area (Å²) in [6, 6.07) is 0.254. The molecule has 2 saturated carbocycles. The summed E-state index contributed by atoms with van der Waals surface area (Å²) in [6.07, 6.45) is 2.21. The molecule has 0 unspecified atom stereocenters. The Hall–Kier alpha value is -0.570. The van der Waals surface area contributed by atoms with E-state index in [0.717, 1.165) is 12.8 Å². The largest absolute Gasteiger partial charge is 0.466 e. The van der Waals surface area contributed by atoms with E-state index in [9.17, 15) is 4.79 Å². The van der Waals surface area contributed by atoms with Crippen LogP contribution in [0.4, 0.5) is 0 Å². The van der Waals surface area contributed by atoms with Gasteiger partial charge in [-0.3, -0.25) is 4.79 Å². The van der Waals surface area contributed by atoms with Crippen molar-refractivity contribution in [2.45, 2.75) is 25.8 Å². The first-order chi connectivity index (χ1) is 5.75. The number of hydrogen-bond donors (Lipinski definition) is 1. The van der Waals surface area contributed by atoms with E-state index in [0.29, 0.717) is 18.4 Å². The van der Waals surface area contributed by atoms with Crippen molar-refractivity contribution in [2.75, 3.05) is 6.61 Å². The fourth-order valence-electron chi connectivity index (χ4n) is 2.50. The van der Waals surface area contributed by atoms with Gasteiger partial charge in [0, 0.05) is 6.04 Å². The van der Waals surface area contributed by atoms with Crippen LogP contribution in [0.1, 0.15) is 19.8 Å². The lowest BCUT2D eigenvalue weighted by Crippen LogP contribution is -2.23. The molecule has 12 heavy (non-hydrogen) atoms. The van der Waals surface area contributed by atoms with Crippen molar-refractivity contribution in [3.05, 3.63) is 0 Å². The maximum atomic E-state index is 11.3. The minimum Gasteiger partial charge on any atom is -0.466 e. The molecule has 2 rings (SSSR count). The van der Waals surface area contributed by atoms with Crippen molar-refractivity contribution < 1.29 is 9.53 Å². The lowest BCUT2D eigenvalue weighted by atomic mass is 10.1. The summed E-state index contributed by atoms with van der Waals surface area (Å²) in [5.74, 6) is 1.12. The zero-order valence-corrected chi connectivity index (χ0v) is 7.32. The van der Waals surface area contributed by atoms with Crippen LogP contribution in [0.2, 0.25) is 0 Å². The van der Waals surface area contributed by atoms with E-state index in [-0.39, 0.29) is 17.9 Å². The van der Waals surface area contributed by atoms with Gasteiger partial charge < -0.3 is 10.5 Å². The Morgan fingerprint density at radius 1 is 1.58 bits per heavy atom. The highest BCUT2D eigenvalue weighted by molar-refractivity contribution is 5.77. The summed E-state index contributed by atoms with van der Waals surface area (Å²) in [4.78, 5) is 11.3. The van der Waals surface area contributed by atoms with Crippen LogP contribution in [0.25, 0.3) is 0 Å². The summed E-state index contributed by atoms with van der Waals surface area (Å²) in [7, 11) is 0. The lowest BCUT2D eigenvalue weighted by Gasteiger charge is -2.07. The molecule has 0 saturated heterocycles. The topological polar surface area (TPSA) is 52.3 Å². The van der Waals surface area contributed by atoms with Gasteiger partial charge in [-0.05, 0) is 31.6 Å². The lowest BCUT2D eigenvalue weighted by molar-refractivity contribution is -0.145. The smallest absolute Gasteiger partial charge is 0.309 e. The Morgan fingerprint density at radius 3 is 2.83 bits per heavy atom. The second-order valence-corrected chi connectivity index (χ2v) is 3.76. The quantitative estimate of drug-likeness (QED) is 0.613. The first-order valence-corrected chi connectivity index (χ1v) is 4.68. The number of carbonyl (C=O) groups is 1. The molecule has 0 aromatic heterocycles. The molecular formula is C9H15NO2. The molecule has 0 radical (unpaired) electrons. The van der Waals surface area contributed by atoms with Crippen LogP contribution in [0.3, 0.4) is 0 Å². The normalized spacial score (nSPS) is 43.8. The van der Waals surface area contributed by atoms with Gasteiger partial charge in [0.15, 0.2) is 0 Å². The van der Waals surface area contributed by atoms with Crippen molar-refractivity contribution in [2.24, 2.45) is 23.5 Å². The van der Waals surface area contributed by atoms with Gasteiger partial charge in [0.25, 0.3) is 0 Å². The van der Waals surface area contributed by atoms with Gasteiger partial charge in [-0.2, -0.15) is 0 Å². The van der Waals surface area contributed by atoms with Crippen molar-refractivity contribution in [3.63, 3.8) is 0 Å². The highest BCUT2D eigenvalue weighted by Crippen LogP contribution is 2.57. The van der Waals surface area contributed by atoms with Crippen LogP contribution in [-0.4, -0.2) is 18.6 Å². The van der Waals surface area contributed by atoms with Crippen molar-refractivity contribution in [3.8, 4) is 0 Å². The number of hydrogen-bond acceptors (Lipinski definition) is 3. The second-order valence-electron chi connectivity index (χ2n) is 3.76. The monoisotopic (exact) mass is 169 g/mol. The van der Waals surface area contributed by atoms with Crippen molar-refractivity contribution in [1.29, 1.82) is 0 Å². The SMILES string of the molecule is CCOC(=O)[C@@H]1[C@H]2CC[C@H](N)[C@H]21. The predicted octanol–water partition coefficient (Wildman–Crippen LogP) is 0.533. The minimum atomic E-state index is -0.0253. The zero-order valence-electron chi connectivity index (χ0n) is 7.32. The van der Waals surface area contributed by atoms with Gasteiger partial charge in [0.2, 0.25) is 0 Å². The Morgan fingerprint density at radius 2 is 2.33 bits per heavy atom. The molecule has 2 N–H and O–H groups in total. The standard InChI is InChI=1S/C9H15NO2/c1-2-12-9(11)8-5-3-4-6(10)7(5)8/h5-8H,2-4,10H2,1H3/t5-,6-,7-,8+/m0/s1. The van der Waals surface area contributed by atoms with E-state index in [4.69, 9.17) is 10.5 Å². The van der Waals surface area contributed by atoms with Crippen LogP contribution in [0.15, 0.2) is 0 Å². The van der Waals surface area contributed by atoms with E-state index >= 15 is 0 Å². The number of carbonyl (C=O) groups excluding carboxylic acids is 1. The summed E-state index contributed by atoms with van der Waals surface area (Å²) >= 11 is 0. The van der Waals surface area contributed by atoms with Crippen molar-refractivity contribution in [1.82, 2.24) is 0 Å². The van der Waals surface area contributed by atoms with Crippen LogP contribution in [0, 0.1) is 17.8 Å². The maximum absolute atomic E-state index is 11.3. The van der Waals surface area contributed by atoms with Gasteiger partial charge in [-0.25, -0.2) is 0 Å². The summed E-state index contributed by atoms with van der Waals surface area (Å²) < 4.78 is 4.96. The Labute approximate surface area is 72.3 Å². The van der Waals surface area contributed by atoms with E-state index in [1.165, 1.54) is 0 Å². The summed E-state index contributed by atoms with van der Waals surface area (Å²) in [6.45, 7) is 2.33. The van der Waals surface area contributed by atoms with Crippen molar-refractivity contribution >= 4 is 5.97 Å². The first kappa shape index (κ1) is 8.05. The molecule has 3 heteroatoms. The van der Waals surface area contributed by atoms with Gasteiger partial charge in [0.05, 0.1) is 12.5 Å². The molecule has 2 fully saturated rings. The van der Waals surface area contributed by atoms with Crippen LogP contribution < -0.4 is 5.73 Å². The molecule has 0 aromatic carbocycles. The average molecular weight is 169 g/mol. The fourth-order valence-corrected chi connectivity index (χ4v) is 2.50. The van der Waals surface area contributed by atoms with Gasteiger partial charge in [0.1, 0.15) is 0 Å². The van der Waals surface area contributed by atoms with Crippen LogP contribution in [-0.2, 0) is 9.53 Å². The van der Waals surface area contributed by atoms with Gasteiger partial charge >= 0.3 is 5.97 Å². The molecule has 68 valence electrons. The molecule has 0 spiro atoms. The fraction of sp³-hybridized carbons (Fsp3) is 0.889. The van der Waals surface area contributed by atoms with Crippen LogP contribution in [0.5, 0.6) is 0 Å². The highest BCUT2D eigenvalue weighted by atomic mass is 16.5. The van der Waals surface area contributed by atoms with Gasteiger partial charge in [-0.1, -0.05) is 0 Å². The minimum absolute atomic E-state index is 0.0253. The van der Waals surface area contributed by atoms with E-state index in [2.05, 4.69) is 0 Å². The number of rotatable bonds is 2. The van der Waals surface area contributed by atoms with Gasteiger partial charge in [-0.15, -0.1) is 0 Å². The second kappa shape index (κ2) is 2.73. The molecule has 0 heterocycles. The average Bonchev–Trinajstić information content (AvgIpc) is 2.65. The third kappa shape index (κ3) is 1.04. The molecule has 0 aromatic rings. The first-order valence-electron chi connectivity index (χ1n) is 4.68. The number of ether oxygens (including phenoxy) is 1. The predicted molar refractivity (Wildman–Crippen MR) is 44.3 cm³/mol. The van der Waals surface area contributed by atoms with E-state index in [1.54, 1.807) is 0 Å². The van der Waals surface area contributed by atoms with E-state index in [1.807, 2.05) is 6.92 Å². The number of esters is 1. The summed E-state index contributed by atoms with van der Waals surface area (Å²) in [5, 5.41) is 0. The molecule has 3 nitrogen and oxygen atoms in total.